The Morgan fingerprint density at radius 1 is 1.13 bits per heavy atom. The molecule has 1 aromatic heterocycles. The third kappa shape index (κ3) is 3.96. The van der Waals surface area contributed by atoms with E-state index in [4.69, 9.17) is 27.9 Å². The number of halogens is 2. The molecule has 0 aliphatic rings. The summed E-state index contributed by atoms with van der Waals surface area (Å²) < 4.78 is 5.43. The quantitative estimate of drug-likeness (QED) is 0.579. The molecule has 0 aliphatic heterocycles. The third-order valence-electron chi connectivity index (χ3n) is 3.13. The molecule has 0 aliphatic carbocycles. The van der Waals surface area contributed by atoms with Crippen LogP contribution in [0.1, 0.15) is 6.92 Å². The average Bonchev–Trinajstić information content (AvgIpc) is 2.98. The number of nitrogens with one attached hydrogen (secondary N) is 1. The summed E-state index contributed by atoms with van der Waals surface area (Å²) in [6.07, 6.45) is 0. The third-order valence-corrected chi connectivity index (χ3v) is 4.43. The fourth-order valence-electron chi connectivity index (χ4n) is 2.08. The number of rotatable bonds is 5. The highest BCUT2D eigenvalue weighted by Crippen LogP contribution is 2.33. The predicted molar refractivity (Wildman–Crippen MR) is 98.5 cm³/mol. The lowest BCUT2D eigenvalue weighted by atomic mass is 10.2. The first kappa shape index (κ1) is 16.1. The summed E-state index contributed by atoms with van der Waals surface area (Å²) >= 11 is 13.7. The molecule has 1 N–H and O–H groups in total. The zero-order valence-electron chi connectivity index (χ0n) is 12.3. The molecule has 0 atom stereocenters. The number of hydrogen-bond donors (Lipinski definition) is 1. The number of nitrogens with zero attached hydrogens (tertiary/aromatic N) is 1. The molecule has 118 valence electrons. The van der Waals surface area contributed by atoms with Crippen LogP contribution < -0.4 is 10.1 Å². The van der Waals surface area contributed by atoms with Gasteiger partial charge in [-0.15, -0.1) is 11.3 Å². The number of anilines is 2. The number of thiazole rings is 1. The first-order chi connectivity index (χ1) is 11.2. The number of benzene rings is 2. The Bertz CT molecular complexity index is 803. The van der Waals surface area contributed by atoms with E-state index in [1.807, 2.05) is 48.7 Å². The molecule has 3 nitrogen and oxygen atoms in total. The molecule has 0 radical (unpaired) electrons. The highest BCUT2D eigenvalue weighted by Gasteiger charge is 2.09. The Kier molecular flexibility index (Phi) is 5.06. The van der Waals surface area contributed by atoms with Gasteiger partial charge in [0.1, 0.15) is 5.75 Å². The van der Waals surface area contributed by atoms with E-state index in [9.17, 15) is 0 Å². The van der Waals surface area contributed by atoms with Gasteiger partial charge in [-0.1, -0.05) is 23.2 Å². The fourth-order valence-corrected chi connectivity index (χ4v) is 3.31. The summed E-state index contributed by atoms with van der Waals surface area (Å²) in [5.74, 6) is 0.853. The minimum absolute atomic E-state index is 0.593. The predicted octanol–water partition coefficient (Wildman–Crippen LogP) is 6.26. The van der Waals surface area contributed by atoms with Crippen molar-refractivity contribution in [2.24, 2.45) is 0 Å². The largest absolute Gasteiger partial charge is 0.494 e. The van der Waals surface area contributed by atoms with Gasteiger partial charge < -0.3 is 10.1 Å². The number of aromatic nitrogens is 1. The average molecular weight is 365 g/mol. The molecule has 23 heavy (non-hydrogen) atoms. The second kappa shape index (κ2) is 7.21. The van der Waals surface area contributed by atoms with E-state index in [2.05, 4.69) is 10.3 Å². The highest BCUT2D eigenvalue weighted by atomic mass is 35.5. The summed E-state index contributed by atoms with van der Waals surface area (Å²) in [6.45, 7) is 2.62. The minimum atomic E-state index is 0.593. The van der Waals surface area contributed by atoms with Crippen LogP contribution in [0.2, 0.25) is 10.0 Å². The normalized spacial score (nSPS) is 10.6. The topological polar surface area (TPSA) is 34.1 Å². The van der Waals surface area contributed by atoms with Gasteiger partial charge in [-0.25, -0.2) is 4.98 Å². The van der Waals surface area contributed by atoms with Crippen LogP contribution in [0, 0.1) is 0 Å². The van der Waals surface area contributed by atoms with Crippen molar-refractivity contribution < 1.29 is 4.74 Å². The van der Waals surface area contributed by atoms with Gasteiger partial charge in [0.15, 0.2) is 5.13 Å². The molecule has 2 aromatic carbocycles. The molecular formula is C17H14Cl2N2OS. The standard InChI is InChI=1S/C17H14Cl2N2OS/c1-2-22-13-6-4-12(5-7-13)20-17-21-16(10-23-17)14-8-3-11(18)9-15(14)19/h3-10H,2H2,1H3,(H,20,21). The second-order valence-corrected chi connectivity index (χ2v) is 6.45. The summed E-state index contributed by atoms with van der Waals surface area (Å²) in [5, 5.41) is 7.25. The second-order valence-electron chi connectivity index (χ2n) is 4.74. The van der Waals surface area contributed by atoms with Gasteiger partial charge >= 0.3 is 0 Å². The Morgan fingerprint density at radius 2 is 1.91 bits per heavy atom. The van der Waals surface area contributed by atoms with Crippen molar-refractivity contribution >= 4 is 45.4 Å². The van der Waals surface area contributed by atoms with Crippen LogP contribution in [0.4, 0.5) is 10.8 Å². The summed E-state index contributed by atoms with van der Waals surface area (Å²) in [6, 6.07) is 13.2. The van der Waals surface area contributed by atoms with Crippen molar-refractivity contribution in [3.8, 4) is 17.0 Å². The zero-order chi connectivity index (χ0) is 16.2. The molecule has 3 aromatic rings. The molecule has 6 heteroatoms. The van der Waals surface area contributed by atoms with Crippen LogP contribution in [-0.2, 0) is 0 Å². The summed E-state index contributed by atoms with van der Waals surface area (Å²) in [5.41, 5.74) is 2.65. The van der Waals surface area contributed by atoms with Crippen molar-refractivity contribution in [1.82, 2.24) is 4.98 Å². The molecule has 0 fully saturated rings. The fraction of sp³-hybridized carbons (Fsp3) is 0.118. The van der Waals surface area contributed by atoms with Crippen LogP contribution in [0.15, 0.2) is 47.8 Å². The molecule has 1 heterocycles. The molecule has 0 bridgehead atoms. The first-order valence-electron chi connectivity index (χ1n) is 7.06. The van der Waals surface area contributed by atoms with Crippen molar-refractivity contribution in [2.45, 2.75) is 6.92 Å². The van der Waals surface area contributed by atoms with Crippen LogP contribution in [-0.4, -0.2) is 11.6 Å². The van der Waals surface area contributed by atoms with E-state index >= 15 is 0 Å². The lowest BCUT2D eigenvalue weighted by Crippen LogP contribution is -1.93. The zero-order valence-corrected chi connectivity index (χ0v) is 14.7. The van der Waals surface area contributed by atoms with Crippen LogP contribution in [0.5, 0.6) is 5.75 Å². The van der Waals surface area contributed by atoms with E-state index in [0.717, 1.165) is 27.8 Å². The number of ether oxygens (including phenoxy) is 1. The SMILES string of the molecule is CCOc1ccc(Nc2nc(-c3ccc(Cl)cc3Cl)cs2)cc1. The van der Waals surface area contributed by atoms with Crippen molar-refractivity contribution in [3.63, 3.8) is 0 Å². The van der Waals surface area contributed by atoms with E-state index in [1.165, 1.54) is 11.3 Å². The maximum absolute atomic E-state index is 6.23. The molecule has 0 saturated carbocycles. The maximum atomic E-state index is 6.23. The van der Waals surface area contributed by atoms with Crippen LogP contribution >= 0.6 is 34.5 Å². The van der Waals surface area contributed by atoms with Gasteiger partial charge in [0.25, 0.3) is 0 Å². The monoisotopic (exact) mass is 364 g/mol. The van der Waals surface area contributed by atoms with Crippen LogP contribution in [0.25, 0.3) is 11.3 Å². The lowest BCUT2D eigenvalue weighted by Gasteiger charge is -2.05. The molecule has 0 saturated heterocycles. The van der Waals surface area contributed by atoms with E-state index in [1.54, 1.807) is 6.07 Å². The van der Waals surface area contributed by atoms with Gasteiger partial charge in [-0.2, -0.15) is 0 Å². The summed E-state index contributed by atoms with van der Waals surface area (Å²) in [7, 11) is 0. The Hall–Kier alpha value is -1.75. The van der Waals surface area contributed by atoms with Crippen molar-refractivity contribution in [2.75, 3.05) is 11.9 Å². The van der Waals surface area contributed by atoms with Gasteiger partial charge in [-0.05, 0) is 49.4 Å². The first-order valence-corrected chi connectivity index (χ1v) is 8.70. The lowest BCUT2D eigenvalue weighted by molar-refractivity contribution is 0.340. The molecule has 0 spiro atoms. The molecule has 0 unspecified atom stereocenters. The van der Waals surface area contributed by atoms with Crippen molar-refractivity contribution in [3.05, 3.63) is 57.9 Å². The molecule has 0 amide bonds. The smallest absolute Gasteiger partial charge is 0.187 e. The maximum Gasteiger partial charge on any atom is 0.187 e. The highest BCUT2D eigenvalue weighted by molar-refractivity contribution is 7.14. The summed E-state index contributed by atoms with van der Waals surface area (Å²) in [4.78, 5) is 4.57. The van der Waals surface area contributed by atoms with Gasteiger partial charge in [0.2, 0.25) is 0 Å². The Labute approximate surface area is 148 Å². The van der Waals surface area contributed by atoms with Crippen LogP contribution in [0.3, 0.4) is 0 Å². The molecule has 3 rings (SSSR count). The van der Waals surface area contributed by atoms with Gasteiger partial charge in [-0.3, -0.25) is 0 Å². The van der Waals surface area contributed by atoms with Crippen molar-refractivity contribution in [1.29, 1.82) is 0 Å². The van der Waals surface area contributed by atoms with E-state index < -0.39 is 0 Å². The molecular weight excluding hydrogens is 351 g/mol. The van der Waals surface area contributed by atoms with E-state index in [-0.39, 0.29) is 0 Å². The van der Waals surface area contributed by atoms with Gasteiger partial charge in [0, 0.05) is 21.7 Å². The number of hydrogen-bond acceptors (Lipinski definition) is 4. The van der Waals surface area contributed by atoms with Gasteiger partial charge in [0.05, 0.1) is 17.3 Å². The minimum Gasteiger partial charge on any atom is -0.494 e. The Morgan fingerprint density at radius 3 is 2.61 bits per heavy atom. The van der Waals surface area contributed by atoms with E-state index in [0.29, 0.717) is 16.7 Å². The Balaban J connectivity index is 1.76.